The van der Waals surface area contributed by atoms with E-state index in [-0.39, 0.29) is 11.6 Å². The maximum Gasteiger partial charge on any atom is 0.511 e. The minimum absolute atomic E-state index is 0.0833. The topological polar surface area (TPSA) is 107 Å². The van der Waals surface area contributed by atoms with Gasteiger partial charge in [-0.2, -0.15) is 0 Å². The maximum absolute atomic E-state index is 10.7. The minimum atomic E-state index is -1.38. The molecule has 1 aromatic carbocycles. The summed E-state index contributed by atoms with van der Waals surface area (Å²) in [5, 5.41) is 19.4. The van der Waals surface area contributed by atoms with Gasteiger partial charge in [0.1, 0.15) is 11.9 Å². The minimum Gasteiger partial charge on any atom is -0.449 e. The monoisotopic (exact) mass is 291 g/mol. The Morgan fingerprint density at radius 1 is 1.43 bits per heavy atom. The number of nitro groups is 1. The first-order chi connectivity index (χ1) is 9.99. The van der Waals surface area contributed by atoms with Gasteiger partial charge in [0.15, 0.2) is 5.82 Å². The Kier molecular flexibility index (Phi) is 4.17. The molecule has 0 amide bonds. The normalized spacial score (nSPS) is 10.3. The van der Waals surface area contributed by atoms with E-state index in [0.717, 1.165) is 0 Å². The van der Waals surface area contributed by atoms with Crippen LogP contribution in [0.4, 0.5) is 10.6 Å². The third-order valence-electron chi connectivity index (χ3n) is 3.03. The lowest BCUT2D eigenvalue weighted by atomic mass is 10.1. The van der Waals surface area contributed by atoms with Gasteiger partial charge in [-0.05, 0) is 23.0 Å². The summed E-state index contributed by atoms with van der Waals surface area (Å²) in [7, 11) is 1.57. The molecule has 8 nitrogen and oxygen atoms in total. The zero-order valence-electron chi connectivity index (χ0n) is 11.2. The van der Waals surface area contributed by atoms with Crippen molar-refractivity contribution in [3.8, 4) is 5.75 Å². The van der Waals surface area contributed by atoms with Gasteiger partial charge in [0.2, 0.25) is 0 Å². The molecule has 0 saturated heterocycles. The Hall–Kier alpha value is -2.90. The highest BCUT2D eigenvalue weighted by molar-refractivity contribution is 5.62. The first-order valence-corrected chi connectivity index (χ1v) is 6.12. The molecular formula is C13H13N3O5. The van der Waals surface area contributed by atoms with Crippen LogP contribution < -0.4 is 4.74 Å². The quantitative estimate of drug-likeness (QED) is 0.391. The van der Waals surface area contributed by atoms with Crippen molar-refractivity contribution in [2.75, 3.05) is 0 Å². The van der Waals surface area contributed by atoms with Crippen molar-refractivity contribution >= 4 is 12.0 Å². The number of para-hydroxylation sites is 1. The molecular weight excluding hydrogens is 278 g/mol. The van der Waals surface area contributed by atoms with E-state index in [4.69, 9.17) is 5.11 Å². The molecule has 0 unspecified atom stereocenters. The highest BCUT2D eigenvalue weighted by Crippen LogP contribution is 2.21. The number of hydrogen-bond acceptors (Lipinski definition) is 5. The summed E-state index contributed by atoms with van der Waals surface area (Å²) in [5.41, 5.74) is 0.700. The Balaban J connectivity index is 2.13. The molecule has 21 heavy (non-hydrogen) atoms. The van der Waals surface area contributed by atoms with Gasteiger partial charge in [0.05, 0.1) is 7.05 Å². The molecule has 0 atom stereocenters. The molecule has 0 fully saturated rings. The van der Waals surface area contributed by atoms with Crippen LogP contribution in [0, 0.1) is 10.1 Å². The van der Waals surface area contributed by atoms with Gasteiger partial charge in [-0.25, -0.2) is 14.3 Å². The highest BCUT2D eigenvalue weighted by Gasteiger charge is 2.17. The molecule has 2 aromatic rings. The van der Waals surface area contributed by atoms with Crippen LogP contribution in [0.5, 0.6) is 5.75 Å². The molecule has 1 N–H and O–H groups in total. The number of rotatable bonds is 5. The molecule has 0 aliphatic rings. The fourth-order valence-corrected chi connectivity index (χ4v) is 1.99. The Morgan fingerprint density at radius 3 is 2.76 bits per heavy atom. The number of carboxylic acid groups (broad SMARTS) is 1. The number of benzene rings is 1. The lowest BCUT2D eigenvalue weighted by molar-refractivity contribution is -0.391. The Bertz CT molecular complexity index is 680. The van der Waals surface area contributed by atoms with Crippen LogP contribution in [0.2, 0.25) is 0 Å². The first-order valence-electron chi connectivity index (χ1n) is 6.12. The average Bonchev–Trinajstić information content (AvgIpc) is 2.78. The highest BCUT2D eigenvalue weighted by atomic mass is 16.7. The Labute approximate surface area is 119 Å². The molecule has 1 heterocycles. The summed E-state index contributed by atoms with van der Waals surface area (Å²) in [6, 6.07) is 6.75. The van der Waals surface area contributed by atoms with E-state index in [1.165, 1.54) is 10.8 Å². The lowest BCUT2D eigenvalue weighted by Gasteiger charge is -2.06. The van der Waals surface area contributed by atoms with Crippen molar-refractivity contribution in [2.24, 2.45) is 7.05 Å². The third-order valence-corrected chi connectivity index (χ3v) is 3.03. The van der Waals surface area contributed by atoms with E-state index in [1.807, 2.05) is 0 Å². The SMILES string of the molecule is Cn1c([N+](=O)[O-])cnc1CCc1ccccc1OC(=O)O. The van der Waals surface area contributed by atoms with Crippen LogP contribution in [0.1, 0.15) is 11.4 Å². The summed E-state index contributed by atoms with van der Waals surface area (Å²) >= 11 is 0. The van der Waals surface area contributed by atoms with Crippen LogP contribution >= 0.6 is 0 Å². The van der Waals surface area contributed by atoms with Gasteiger partial charge in [-0.1, -0.05) is 18.2 Å². The van der Waals surface area contributed by atoms with Gasteiger partial charge in [-0.15, -0.1) is 0 Å². The molecule has 0 radical (unpaired) electrons. The summed E-state index contributed by atoms with van der Waals surface area (Å²) in [4.78, 5) is 24.9. The lowest BCUT2D eigenvalue weighted by Crippen LogP contribution is -2.07. The van der Waals surface area contributed by atoms with Crippen LogP contribution in [0.3, 0.4) is 0 Å². The van der Waals surface area contributed by atoms with Crippen LogP contribution in [0.25, 0.3) is 0 Å². The van der Waals surface area contributed by atoms with Crippen LogP contribution in [0.15, 0.2) is 30.5 Å². The van der Waals surface area contributed by atoms with E-state index in [2.05, 4.69) is 9.72 Å². The van der Waals surface area contributed by atoms with Crippen molar-refractivity contribution in [2.45, 2.75) is 12.8 Å². The van der Waals surface area contributed by atoms with E-state index < -0.39 is 11.1 Å². The van der Waals surface area contributed by atoms with Crippen molar-refractivity contribution in [1.82, 2.24) is 9.55 Å². The fourth-order valence-electron chi connectivity index (χ4n) is 1.99. The number of imidazole rings is 1. The second-order valence-electron chi connectivity index (χ2n) is 4.32. The van der Waals surface area contributed by atoms with E-state index in [0.29, 0.717) is 24.2 Å². The fraction of sp³-hybridized carbons (Fsp3) is 0.231. The summed E-state index contributed by atoms with van der Waals surface area (Å²) in [6.07, 6.45) is 0.722. The predicted octanol–water partition coefficient (Wildman–Crippen LogP) is 2.17. The number of hydrogen-bond donors (Lipinski definition) is 1. The van der Waals surface area contributed by atoms with Gasteiger partial charge >= 0.3 is 12.0 Å². The average molecular weight is 291 g/mol. The van der Waals surface area contributed by atoms with Crippen LogP contribution in [-0.4, -0.2) is 25.7 Å². The van der Waals surface area contributed by atoms with E-state index in [9.17, 15) is 14.9 Å². The number of carbonyl (C=O) groups is 1. The predicted molar refractivity (Wildman–Crippen MR) is 72.4 cm³/mol. The van der Waals surface area contributed by atoms with Crippen LogP contribution in [-0.2, 0) is 19.9 Å². The first kappa shape index (κ1) is 14.5. The molecule has 0 aliphatic heterocycles. The van der Waals surface area contributed by atoms with Crippen molar-refractivity contribution in [3.05, 3.63) is 52.0 Å². The van der Waals surface area contributed by atoms with Gasteiger partial charge < -0.3 is 20.0 Å². The summed E-state index contributed by atoms with van der Waals surface area (Å²) < 4.78 is 6.09. The zero-order chi connectivity index (χ0) is 15.4. The molecule has 0 aliphatic carbocycles. The molecule has 1 aromatic heterocycles. The molecule has 2 rings (SSSR count). The van der Waals surface area contributed by atoms with Gasteiger partial charge in [-0.3, -0.25) is 0 Å². The summed E-state index contributed by atoms with van der Waals surface area (Å²) in [5.74, 6) is 0.723. The molecule has 0 bridgehead atoms. The van der Waals surface area contributed by atoms with Crippen molar-refractivity contribution in [3.63, 3.8) is 0 Å². The number of nitrogens with zero attached hydrogens (tertiary/aromatic N) is 3. The molecule has 0 saturated carbocycles. The standard InChI is InChI=1S/C13H13N3O5/c1-15-11(14-8-12(15)16(19)20)7-6-9-4-2-3-5-10(9)21-13(17)18/h2-5,8H,6-7H2,1H3,(H,17,18). The molecule has 8 heteroatoms. The van der Waals surface area contributed by atoms with E-state index >= 15 is 0 Å². The number of aryl methyl sites for hydroxylation is 2. The molecule has 0 spiro atoms. The van der Waals surface area contributed by atoms with Crippen molar-refractivity contribution < 1.29 is 19.6 Å². The Morgan fingerprint density at radius 2 is 2.14 bits per heavy atom. The number of ether oxygens (including phenoxy) is 1. The molecule has 110 valence electrons. The van der Waals surface area contributed by atoms with Crippen molar-refractivity contribution in [1.29, 1.82) is 0 Å². The summed E-state index contributed by atoms with van der Waals surface area (Å²) in [6.45, 7) is 0. The van der Waals surface area contributed by atoms with Gasteiger partial charge in [0, 0.05) is 6.42 Å². The number of aromatic nitrogens is 2. The third kappa shape index (κ3) is 3.35. The second kappa shape index (κ2) is 6.04. The smallest absolute Gasteiger partial charge is 0.449 e. The maximum atomic E-state index is 10.7. The largest absolute Gasteiger partial charge is 0.511 e. The van der Waals surface area contributed by atoms with E-state index in [1.54, 1.807) is 31.3 Å². The zero-order valence-corrected chi connectivity index (χ0v) is 11.2. The second-order valence-corrected chi connectivity index (χ2v) is 4.32. The van der Waals surface area contributed by atoms with Gasteiger partial charge in [0.25, 0.3) is 0 Å².